The molecule has 2 aliphatic rings. The van der Waals surface area contributed by atoms with Gasteiger partial charge in [-0.15, -0.1) is 32.9 Å². The van der Waals surface area contributed by atoms with Crippen molar-refractivity contribution in [3.8, 4) is 26.6 Å². The first-order chi connectivity index (χ1) is 31.8. The standard InChI is InChI=1S/C51H56N8O6S2/c1-26-21-36(33-13-15-34(16-14-33)43-42-27(2)30(5)67-50(42)59-31(6)56-57-46(59)39(54-43)23-41(61)65-10)19-20-38(26)47(62)55-45(51(7,8)9)49(64)58-24-37(60)22-40(58)48(63)53-28(3)32-11-17-35(18-12-32)44-29(4)52-25-66-44/h11-21,25,28,37,39-40,45,60H,22-24H2,1-10H3,(H,53,63)(H,55,62)/t28-,37+,39-,40-,45+/m0/s1. The maximum absolute atomic E-state index is 14.4. The molecule has 0 aliphatic carbocycles. The molecule has 3 aromatic heterocycles. The fourth-order valence-corrected chi connectivity index (χ4v) is 10.9. The van der Waals surface area contributed by atoms with E-state index in [0.29, 0.717) is 22.8 Å². The maximum atomic E-state index is 14.4. The summed E-state index contributed by atoms with van der Waals surface area (Å²) in [4.78, 5) is 68.1. The number of aryl methyl sites for hydroxylation is 4. The number of esters is 1. The van der Waals surface area contributed by atoms with Gasteiger partial charge >= 0.3 is 5.97 Å². The third-order valence-corrected chi connectivity index (χ3v) is 15.0. The van der Waals surface area contributed by atoms with Crippen molar-refractivity contribution in [3.05, 3.63) is 128 Å². The Hall–Kier alpha value is -6.36. The number of hydrogen-bond acceptors (Lipinski definition) is 12. The average molecular weight is 941 g/mol. The van der Waals surface area contributed by atoms with E-state index in [1.165, 1.54) is 12.0 Å². The van der Waals surface area contributed by atoms with Crippen LogP contribution in [0.2, 0.25) is 0 Å². The van der Waals surface area contributed by atoms with Crippen LogP contribution in [0.3, 0.4) is 0 Å². The number of aliphatic hydroxyl groups is 1. The molecule has 3 amide bonds. The molecule has 0 unspecified atom stereocenters. The van der Waals surface area contributed by atoms with E-state index in [0.717, 1.165) is 65.1 Å². The Morgan fingerprint density at radius 3 is 2.21 bits per heavy atom. The lowest BCUT2D eigenvalue weighted by atomic mass is 9.85. The maximum Gasteiger partial charge on any atom is 0.308 e. The normalized spacial score (nSPS) is 17.7. The molecule has 348 valence electrons. The summed E-state index contributed by atoms with van der Waals surface area (Å²) < 4.78 is 7.04. The Balaban J connectivity index is 0.983. The van der Waals surface area contributed by atoms with Gasteiger partial charge in [0.1, 0.15) is 29.0 Å². The molecule has 16 heteroatoms. The summed E-state index contributed by atoms with van der Waals surface area (Å²) >= 11 is 3.22. The number of nitrogens with zero attached hydrogens (tertiary/aromatic N) is 6. The van der Waals surface area contributed by atoms with Crippen molar-refractivity contribution in [1.82, 2.24) is 35.3 Å². The Morgan fingerprint density at radius 2 is 1.57 bits per heavy atom. The number of β-amino-alcohol motifs (C(OH)–C–C–N with tert-alkyl or cyclic N) is 1. The van der Waals surface area contributed by atoms with Crippen LogP contribution in [-0.2, 0) is 19.1 Å². The molecule has 0 spiro atoms. The van der Waals surface area contributed by atoms with Crippen LogP contribution in [0.15, 0.2) is 77.2 Å². The van der Waals surface area contributed by atoms with Gasteiger partial charge in [0.05, 0.1) is 47.5 Å². The van der Waals surface area contributed by atoms with E-state index >= 15 is 0 Å². The zero-order chi connectivity index (χ0) is 48.1. The second-order valence-electron chi connectivity index (χ2n) is 18.6. The number of likely N-dealkylation sites (tertiary alicyclic amines) is 1. The molecule has 3 N–H and O–H groups in total. The lowest BCUT2D eigenvalue weighted by Crippen LogP contribution is -2.57. The van der Waals surface area contributed by atoms with Crippen LogP contribution in [0.1, 0.15) is 113 Å². The predicted octanol–water partition coefficient (Wildman–Crippen LogP) is 8.10. The molecule has 8 rings (SSSR count). The van der Waals surface area contributed by atoms with Crippen LogP contribution >= 0.6 is 22.7 Å². The van der Waals surface area contributed by atoms with Gasteiger partial charge in [0.15, 0.2) is 5.82 Å². The van der Waals surface area contributed by atoms with Gasteiger partial charge in [0.25, 0.3) is 5.91 Å². The average Bonchev–Trinajstić information content (AvgIpc) is 4.07. The number of rotatable bonds is 11. The third-order valence-electron chi connectivity index (χ3n) is 12.8. The highest BCUT2D eigenvalue weighted by Gasteiger charge is 2.45. The smallest absolute Gasteiger partial charge is 0.308 e. The largest absolute Gasteiger partial charge is 0.469 e. The number of aromatic nitrogens is 4. The van der Waals surface area contributed by atoms with Gasteiger partial charge in [0.2, 0.25) is 11.8 Å². The van der Waals surface area contributed by atoms with Crippen LogP contribution < -0.4 is 10.6 Å². The molecule has 5 atom stereocenters. The number of thiazole rings is 1. The summed E-state index contributed by atoms with van der Waals surface area (Å²) in [7, 11) is 1.36. The number of carbonyl (C=O) groups excluding carboxylic acids is 4. The van der Waals surface area contributed by atoms with E-state index in [9.17, 15) is 24.3 Å². The number of hydrogen-bond donors (Lipinski definition) is 3. The van der Waals surface area contributed by atoms with E-state index in [2.05, 4.69) is 39.7 Å². The number of ether oxygens (including phenoxy) is 1. The SMILES string of the molecule is COC(=O)C[C@@H]1N=C(c2ccc(-c3ccc(C(=O)N[C@H](C(=O)N4C[C@H](O)C[C@H]4C(=O)N[C@@H](C)c4ccc(-c5scnc5C)cc4)C(C)(C)C)c(C)c3)cc2)c2c(sc(C)c2C)-n2c(C)nnc21. The van der Waals surface area contributed by atoms with Gasteiger partial charge < -0.3 is 25.4 Å². The summed E-state index contributed by atoms with van der Waals surface area (Å²) in [6, 6.07) is 18.7. The minimum Gasteiger partial charge on any atom is -0.469 e. The third kappa shape index (κ3) is 9.34. The highest BCUT2D eigenvalue weighted by atomic mass is 32.1. The number of aliphatic imine (C=N–C) groups is 1. The molecule has 14 nitrogen and oxygen atoms in total. The Bertz CT molecular complexity index is 2910. The number of fused-ring (bicyclic) bond motifs is 3. The molecule has 1 saturated heterocycles. The monoisotopic (exact) mass is 940 g/mol. The van der Waals surface area contributed by atoms with Crippen molar-refractivity contribution in [1.29, 1.82) is 0 Å². The molecule has 3 aromatic carbocycles. The highest BCUT2D eigenvalue weighted by molar-refractivity contribution is 7.15. The number of aliphatic hydroxyl groups excluding tert-OH is 1. The summed E-state index contributed by atoms with van der Waals surface area (Å²) in [5.74, 6) is -0.329. The Labute approximate surface area is 398 Å². The second kappa shape index (κ2) is 18.7. The summed E-state index contributed by atoms with van der Waals surface area (Å²) in [6.07, 6.45) is -0.798. The van der Waals surface area contributed by atoms with E-state index in [-0.39, 0.29) is 31.3 Å². The van der Waals surface area contributed by atoms with Gasteiger partial charge in [-0.1, -0.05) is 81.4 Å². The highest BCUT2D eigenvalue weighted by Crippen LogP contribution is 2.40. The topological polar surface area (TPSA) is 181 Å². The fourth-order valence-electron chi connectivity index (χ4n) is 8.91. The van der Waals surface area contributed by atoms with Gasteiger partial charge in [0, 0.05) is 34.5 Å². The predicted molar refractivity (Wildman–Crippen MR) is 261 cm³/mol. The Morgan fingerprint density at radius 1 is 0.896 bits per heavy atom. The first-order valence-corrected chi connectivity index (χ1v) is 24.0. The lowest BCUT2D eigenvalue weighted by Gasteiger charge is -2.35. The van der Waals surface area contributed by atoms with Gasteiger partial charge in [-0.2, -0.15) is 0 Å². The van der Waals surface area contributed by atoms with E-state index in [1.54, 1.807) is 28.7 Å². The van der Waals surface area contributed by atoms with Crippen molar-refractivity contribution in [2.45, 2.75) is 105 Å². The molecule has 6 aromatic rings. The fraction of sp³-hybridized carbons (Fsp3) is 0.373. The first kappa shape index (κ1) is 47.1. The van der Waals surface area contributed by atoms with Crippen molar-refractivity contribution in [2.75, 3.05) is 13.7 Å². The quantitative estimate of drug-likeness (QED) is 0.108. The zero-order valence-corrected chi connectivity index (χ0v) is 41.1. The zero-order valence-electron chi connectivity index (χ0n) is 39.4. The Kier molecular flexibility index (Phi) is 13.2. The van der Waals surface area contributed by atoms with Crippen LogP contribution in [-0.4, -0.2) is 91.0 Å². The van der Waals surface area contributed by atoms with Gasteiger partial charge in [-0.05, 0) is 86.4 Å². The van der Waals surface area contributed by atoms with E-state index in [1.807, 2.05) is 119 Å². The van der Waals surface area contributed by atoms with E-state index < -0.39 is 47.4 Å². The molecule has 0 bridgehead atoms. The molecular formula is C51H56N8O6S2. The van der Waals surface area contributed by atoms with Gasteiger partial charge in [-0.3, -0.25) is 28.7 Å². The molecule has 1 fully saturated rings. The van der Waals surface area contributed by atoms with Gasteiger partial charge in [-0.25, -0.2) is 4.98 Å². The van der Waals surface area contributed by atoms with Crippen LogP contribution in [0.25, 0.3) is 26.6 Å². The van der Waals surface area contributed by atoms with Crippen molar-refractivity contribution in [3.63, 3.8) is 0 Å². The summed E-state index contributed by atoms with van der Waals surface area (Å²) in [6.45, 7) is 17.3. The number of carbonyl (C=O) groups is 4. The molecule has 67 heavy (non-hydrogen) atoms. The minimum absolute atomic E-state index is 0.0109. The molecule has 5 heterocycles. The molecule has 0 saturated carbocycles. The van der Waals surface area contributed by atoms with Crippen molar-refractivity contribution < 1.29 is 29.0 Å². The lowest BCUT2D eigenvalue weighted by molar-refractivity contribution is -0.142. The summed E-state index contributed by atoms with van der Waals surface area (Å²) in [5.41, 5.74) is 10.6. The number of amides is 3. The van der Waals surface area contributed by atoms with Crippen LogP contribution in [0, 0.1) is 40.0 Å². The molecule has 0 radical (unpaired) electrons. The minimum atomic E-state index is -0.998. The number of nitrogens with one attached hydrogen (secondary N) is 2. The van der Waals surface area contributed by atoms with E-state index in [4.69, 9.17) is 9.73 Å². The second-order valence-corrected chi connectivity index (χ2v) is 20.6. The number of methoxy groups -OCH3 is 1. The van der Waals surface area contributed by atoms with Crippen molar-refractivity contribution in [2.24, 2.45) is 10.4 Å². The number of benzene rings is 3. The van der Waals surface area contributed by atoms with Crippen LogP contribution in [0.4, 0.5) is 0 Å². The molecule has 2 aliphatic heterocycles. The van der Waals surface area contributed by atoms with Crippen LogP contribution in [0.5, 0.6) is 0 Å². The summed E-state index contributed by atoms with van der Waals surface area (Å²) in [5, 5.41) is 26.6. The number of thiophene rings is 1. The first-order valence-electron chi connectivity index (χ1n) is 22.3. The van der Waals surface area contributed by atoms with Crippen molar-refractivity contribution >= 4 is 52.1 Å². The molecular weight excluding hydrogens is 885 g/mol.